The number of ether oxygens (including phenoxy) is 3. The molecular formula is C12H15N3O6. The first kappa shape index (κ1) is 13.8. The summed E-state index contributed by atoms with van der Waals surface area (Å²) in [5.74, 6) is -3.38. The van der Waals surface area contributed by atoms with Crippen molar-refractivity contribution in [1.29, 1.82) is 5.41 Å². The first-order chi connectivity index (χ1) is 9.83. The van der Waals surface area contributed by atoms with E-state index in [4.69, 9.17) is 26.4 Å². The minimum absolute atomic E-state index is 0.0138. The maximum atomic E-state index is 11.7. The summed E-state index contributed by atoms with van der Waals surface area (Å²) in [5.41, 5.74) is 9.66. The van der Waals surface area contributed by atoms with Crippen molar-refractivity contribution in [2.75, 3.05) is 6.61 Å². The second-order valence-electron chi connectivity index (χ2n) is 5.61. The highest BCUT2D eigenvalue weighted by Gasteiger charge is 2.69. The minimum atomic E-state index is -1.37. The van der Waals surface area contributed by atoms with Gasteiger partial charge in [0.15, 0.2) is 12.7 Å². The molecule has 0 amide bonds. The molecule has 0 radical (unpaired) electrons. The van der Waals surface area contributed by atoms with Crippen LogP contribution in [0.4, 0.5) is 0 Å². The molecule has 2 saturated carbocycles. The molecule has 1 aliphatic heterocycles. The van der Waals surface area contributed by atoms with E-state index in [2.05, 4.69) is 4.74 Å². The largest absolute Gasteiger partial charge is 0.456 e. The Labute approximate surface area is 119 Å². The van der Waals surface area contributed by atoms with Crippen LogP contribution in [0.15, 0.2) is 0 Å². The van der Waals surface area contributed by atoms with Crippen molar-refractivity contribution in [3.8, 4) is 0 Å². The number of hydrogen-bond acceptors (Lipinski definition) is 8. The van der Waals surface area contributed by atoms with Gasteiger partial charge in [0, 0.05) is 11.8 Å². The summed E-state index contributed by atoms with van der Waals surface area (Å²) >= 11 is 0. The van der Waals surface area contributed by atoms with Gasteiger partial charge in [-0.1, -0.05) is 0 Å². The van der Waals surface area contributed by atoms with Crippen molar-refractivity contribution < 1.29 is 28.6 Å². The Morgan fingerprint density at radius 1 is 1.43 bits per heavy atom. The summed E-state index contributed by atoms with van der Waals surface area (Å²) in [6.45, 7) is -0.696. The van der Waals surface area contributed by atoms with Gasteiger partial charge >= 0.3 is 17.9 Å². The predicted octanol–water partition coefficient (Wildman–Crippen LogP) is -1.75. The molecule has 3 aliphatic rings. The summed E-state index contributed by atoms with van der Waals surface area (Å²) in [6.07, 6.45) is 0.580. The zero-order chi connectivity index (χ0) is 15.4. The number of carbonyl (C=O) groups is 3. The minimum Gasteiger partial charge on any atom is -0.456 e. The zero-order valence-corrected chi connectivity index (χ0v) is 11.0. The Morgan fingerprint density at radius 3 is 2.81 bits per heavy atom. The van der Waals surface area contributed by atoms with Crippen LogP contribution in [0.5, 0.6) is 0 Å². The molecule has 0 spiro atoms. The molecule has 5 atom stereocenters. The normalized spacial score (nSPS) is 39.0. The monoisotopic (exact) mass is 297 g/mol. The molecule has 21 heavy (non-hydrogen) atoms. The highest BCUT2D eigenvalue weighted by Crippen LogP contribution is 2.58. The quantitative estimate of drug-likeness (QED) is 0.182. The molecule has 114 valence electrons. The molecule has 0 aromatic heterocycles. The topological polar surface area (TPSA) is 155 Å². The molecule has 2 aliphatic carbocycles. The van der Waals surface area contributed by atoms with Crippen LogP contribution in [-0.4, -0.2) is 42.2 Å². The number of nitrogens with two attached hydrogens (primary N) is 2. The Bertz CT molecular complexity index is 549. The molecule has 0 aromatic rings. The summed E-state index contributed by atoms with van der Waals surface area (Å²) in [6, 6.07) is 0. The second-order valence-corrected chi connectivity index (χ2v) is 5.61. The number of esters is 3. The molecule has 5 unspecified atom stereocenters. The predicted molar refractivity (Wildman–Crippen MR) is 65.5 cm³/mol. The van der Waals surface area contributed by atoms with Gasteiger partial charge in [-0.05, 0) is 12.8 Å². The van der Waals surface area contributed by atoms with E-state index in [1.807, 2.05) is 0 Å². The molecule has 1 saturated heterocycles. The Balaban J connectivity index is 1.63. The number of amidine groups is 1. The van der Waals surface area contributed by atoms with E-state index in [-0.39, 0.29) is 23.7 Å². The summed E-state index contributed by atoms with van der Waals surface area (Å²) in [5, 5.41) is 6.83. The third kappa shape index (κ3) is 1.96. The van der Waals surface area contributed by atoms with Crippen LogP contribution < -0.4 is 11.5 Å². The first-order valence-electron chi connectivity index (χ1n) is 6.55. The van der Waals surface area contributed by atoms with Crippen LogP contribution in [0, 0.1) is 23.2 Å². The number of hydrogen-bond donors (Lipinski definition) is 3. The number of nitrogens with one attached hydrogen (secondary N) is 1. The van der Waals surface area contributed by atoms with Crippen LogP contribution in [-0.2, 0) is 28.6 Å². The molecular weight excluding hydrogens is 282 g/mol. The summed E-state index contributed by atoms with van der Waals surface area (Å²) < 4.78 is 14.9. The fourth-order valence-corrected chi connectivity index (χ4v) is 3.57. The summed E-state index contributed by atoms with van der Waals surface area (Å²) in [4.78, 5) is 34.3. The molecule has 2 bridgehead atoms. The van der Waals surface area contributed by atoms with E-state index in [1.165, 1.54) is 0 Å². The van der Waals surface area contributed by atoms with Crippen LogP contribution >= 0.6 is 0 Å². The fraction of sp³-hybridized carbons (Fsp3) is 0.667. The summed E-state index contributed by atoms with van der Waals surface area (Å²) in [7, 11) is 0. The lowest BCUT2D eigenvalue weighted by molar-refractivity contribution is -0.186. The second kappa shape index (κ2) is 4.42. The van der Waals surface area contributed by atoms with Crippen LogP contribution in [0.1, 0.15) is 12.8 Å². The van der Waals surface area contributed by atoms with Crippen LogP contribution in [0.3, 0.4) is 0 Å². The Morgan fingerprint density at radius 2 is 2.14 bits per heavy atom. The lowest BCUT2D eigenvalue weighted by atomic mass is 9.84. The van der Waals surface area contributed by atoms with E-state index in [0.29, 0.717) is 12.8 Å². The Hall–Kier alpha value is -2.16. The van der Waals surface area contributed by atoms with Gasteiger partial charge in [-0.15, -0.1) is 0 Å². The smallest absolute Gasteiger partial charge is 0.373 e. The van der Waals surface area contributed by atoms with Crippen molar-refractivity contribution >= 4 is 23.7 Å². The van der Waals surface area contributed by atoms with Crippen molar-refractivity contribution in [1.82, 2.24) is 0 Å². The average molecular weight is 297 g/mol. The van der Waals surface area contributed by atoms with E-state index in [9.17, 15) is 14.4 Å². The lowest BCUT2D eigenvalue weighted by Crippen LogP contribution is -2.58. The van der Waals surface area contributed by atoms with Gasteiger partial charge in [-0.2, -0.15) is 0 Å². The molecule has 1 heterocycles. The standard InChI is InChI=1S/C12H15N3O6/c13-9(14)11(18)19-3-7(16)21-12(15)4-1-5-6(2-4)10(17)20-8(5)12/h4-6,8H,1-3,15H2,(H3,13,14). The van der Waals surface area contributed by atoms with Gasteiger partial charge in [-0.25, -0.2) is 9.59 Å². The maximum absolute atomic E-state index is 11.7. The molecule has 9 heteroatoms. The van der Waals surface area contributed by atoms with E-state index in [1.54, 1.807) is 0 Å². The molecule has 5 N–H and O–H groups in total. The lowest BCUT2D eigenvalue weighted by Gasteiger charge is -2.35. The van der Waals surface area contributed by atoms with Gasteiger partial charge in [0.25, 0.3) is 0 Å². The van der Waals surface area contributed by atoms with Gasteiger partial charge in [-0.3, -0.25) is 15.9 Å². The van der Waals surface area contributed by atoms with Gasteiger partial charge in [0.05, 0.1) is 5.92 Å². The SMILES string of the molecule is N=C(N)C(=O)OCC(=O)OC1(N)C2CC3C(=O)OC1C3C2. The highest BCUT2D eigenvalue weighted by molar-refractivity contribution is 6.33. The van der Waals surface area contributed by atoms with E-state index < -0.39 is 36.2 Å². The zero-order valence-electron chi connectivity index (χ0n) is 11.0. The Kier molecular flexibility index (Phi) is 2.90. The van der Waals surface area contributed by atoms with E-state index in [0.717, 1.165) is 0 Å². The van der Waals surface area contributed by atoms with Crippen LogP contribution in [0.2, 0.25) is 0 Å². The average Bonchev–Trinajstić information content (AvgIpc) is 3.01. The number of carbonyl (C=O) groups excluding carboxylic acids is 3. The van der Waals surface area contributed by atoms with Gasteiger partial charge in [0.2, 0.25) is 11.6 Å². The molecule has 3 rings (SSSR count). The molecule has 3 fully saturated rings. The van der Waals surface area contributed by atoms with Crippen molar-refractivity contribution in [3.05, 3.63) is 0 Å². The highest BCUT2D eigenvalue weighted by atomic mass is 16.6. The third-order valence-electron chi connectivity index (χ3n) is 4.46. The molecule has 9 nitrogen and oxygen atoms in total. The number of fused-ring (bicyclic) bond motifs is 1. The number of rotatable bonds is 3. The van der Waals surface area contributed by atoms with E-state index >= 15 is 0 Å². The first-order valence-corrected chi connectivity index (χ1v) is 6.55. The fourth-order valence-electron chi connectivity index (χ4n) is 3.57. The molecule has 0 aromatic carbocycles. The van der Waals surface area contributed by atoms with Gasteiger partial charge < -0.3 is 19.9 Å². The van der Waals surface area contributed by atoms with Crippen molar-refractivity contribution in [2.45, 2.75) is 24.7 Å². The maximum Gasteiger partial charge on any atom is 0.373 e. The van der Waals surface area contributed by atoms with Crippen molar-refractivity contribution in [2.24, 2.45) is 29.2 Å². The van der Waals surface area contributed by atoms with Crippen molar-refractivity contribution in [3.63, 3.8) is 0 Å². The van der Waals surface area contributed by atoms with Crippen LogP contribution in [0.25, 0.3) is 0 Å². The third-order valence-corrected chi connectivity index (χ3v) is 4.46. The van der Waals surface area contributed by atoms with Gasteiger partial charge in [0.1, 0.15) is 0 Å².